The lowest BCUT2D eigenvalue weighted by atomic mass is 10.1. The first kappa shape index (κ1) is 15.7. The van der Waals surface area contributed by atoms with E-state index in [0.717, 1.165) is 0 Å². The van der Waals surface area contributed by atoms with Crippen molar-refractivity contribution in [2.24, 2.45) is 0 Å². The normalized spacial score (nSPS) is 20.9. The predicted octanol–water partition coefficient (Wildman–Crippen LogP) is 2.42. The van der Waals surface area contributed by atoms with Crippen LogP contribution >= 0.6 is 0 Å². The Bertz CT molecular complexity index is 801. The Labute approximate surface area is 133 Å². The third-order valence-electron chi connectivity index (χ3n) is 4.01. The summed E-state index contributed by atoms with van der Waals surface area (Å²) >= 11 is 0. The number of hydrogen-bond donors (Lipinski definition) is 0. The zero-order valence-electron chi connectivity index (χ0n) is 12.3. The van der Waals surface area contributed by atoms with Crippen molar-refractivity contribution < 1.29 is 22.0 Å². The molecule has 1 atom stereocenters. The molecule has 1 aromatic carbocycles. The molecule has 2 heterocycles. The van der Waals surface area contributed by atoms with Crippen LogP contribution in [0.4, 0.5) is 4.39 Å². The van der Waals surface area contributed by atoms with E-state index in [-0.39, 0.29) is 42.5 Å². The van der Waals surface area contributed by atoms with E-state index in [1.165, 1.54) is 35.4 Å². The van der Waals surface area contributed by atoms with Gasteiger partial charge in [0, 0.05) is 18.7 Å². The van der Waals surface area contributed by atoms with Gasteiger partial charge in [0.05, 0.1) is 17.3 Å². The van der Waals surface area contributed by atoms with Gasteiger partial charge in [0.2, 0.25) is 0 Å². The molecule has 0 aliphatic carbocycles. The van der Waals surface area contributed by atoms with E-state index in [1.54, 1.807) is 12.1 Å². The maximum Gasteiger partial charge on any atom is 0.289 e. The number of carbonyl (C=O) groups excluding carboxylic acids is 1. The van der Waals surface area contributed by atoms with Crippen molar-refractivity contribution in [1.82, 2.24) is 4.90 Å². The van der Waals surface area contributed by atoms with Crippen LogP contribution in [0.3, 0.4) is 0 Å². The van der Waals surface area contributed by atoms with Gasteiger partial charge in [0.1, 0.15) is 5.82 Å². The molecular formula is C16H16FNO4S. The fourth-order valence-electron chi connectivity index (χ4n) is 2.79. The summed E-state index contributed by atoms with van der Waals surface area (Å²) in [6.07, 6.45) is 1.56. The number of benzene rings is 1. The number of furan rings is 1. The molecule has 1 aliphatic rings. The third-order valence-corrected chi connectivity index (χ3v) is 6.12. The molecule has 0 bridgehead atoms. The number of rotatable bonds is 2. The zero-order valence-corrected chi connectivity index (χ0v) is 13.1. The van der Waals surface area contributed by atoms with Gasteiger partial charge < -0.3 is 9.32 Å². The molecule has 0 saturated carbocycles. The van der Waals surface area contributed by atoms with Gasteiger partial charge in [-0.2, -0.15) is 0 Å². The number of nitrogens with zero attached hydrogens (tertiary/aromatic N) is 1. The van der Waals surface area contributed by atoms with E-state index in [9.17, 15) is 17.6 Å². The van der Waals surface area contributed by atoms with Crippen LogP contribution in [-0.2, 0) is 9.84 Å². The first-order valence-electron chi connectivity index (χ1n) is 7.28. The average molecular weight is 337 g/mol. The van der Waals surface area contributed by atoms with Crippen molar-refractivity contribution in [3.63, 3.8) is 0 Å². The Morgan fingerprint density at radius 2 is 1.96 bits per heavy atom. The lowest BCUT2D eigenvalue weighted by Gasteiger charge is -2.18. The predicted molar refractivity (Wildman–Crippen MR) is 82.2 cm³/mol. The molecule has 1 fully saturated rings. The van der Waals surface area contributed by atoms with Gasteiger partial charge in [-0.25, -0.2) is 12.8 Å². The van der Waals surface area contributed by atoms with Gasteiger partial charge in [-0.15, -0.1) is 0 Å². The smallest absolute Gasteiger partial charge is 0.289 e. The van der Waals surface area contributed by atoms with Crippen LogP contribution in [0.25, 0.3) is 0 Å². The van der Waals surface area contributed by atoms with Crippen LogP contribution in [-0.4, -0.2) is 38.1 Å². The molecule has 0 spiro atoms. The van der Waals surface area contributed by atoms with Crippen molar-refractivity contribution in [3.05, 3.63) is 59.8 Å². The molecule has 1 aliphatic heterocycles. The number of carbonyl (C=O) groups is 1. The molecule has 0 N–H and O–H groups in total. The third kappa shape index (κ3) is 3.14. The molecule has 122 valence electrons. The van der Waals surface area contributed by atoms with Crippen molar-refractivity contribution >= 4 is 15.7 Å². The van der Waals surface area contributed by atoms with Crippen LogP contribution in [0.1, 0.15) is 27.8 Å². The van der Waals surface area contributed by atoms with Crippen molar-refractivity contribution in [3.8, 4) is 0 Å². The summed E-state index contributed by atoms with van der Waals surface area (Å²) in [5, 5.41) is -0.932. The van der Waals surface area contributed by atoms with E-state index >= 15 is 0 Å². The molecule has 0 radical (unpaired) electrons. The van der Waals surface area contributed by atoms with E-state index in [4.69, 9.17) is 4.42 Å². The number of sulfone groups is 1. The summed E-state index contributed by atoms with van der Waals surface area (Å²) < 4.78 is 44.0. The fourth-order valence-corrected chi connectivity index (χ4v) is 4.59. The number of hydrogen-bond acceptors (Lipinski definition) is 4. The average Bonchev–Trinajstić information content (AvgIpc) is 3.00. The standard InChI is InChI=1S/C16H16FNO4S/c17-13-5-2-1-4-12(13)15-7-8-18(9-11-23(15,20)21)16(19)14-6-3-10-22-14/h1-6,10,15H,7-9,11H2/t15-/m1/s1. The number of halogens is 1. The first-order valence-corrected chi connectivity index (χ1v) is 8.99. The van der Waals surface area contributed by atoms with Crippen molar-refractivity contribution in [1.29, 1.82) is 0 Å². The van der Waals surface area contributed by atoms with Crippen LogP contribution < -0.4 is 0 Å². The Morgan fingerprint density at radius 1 is 1.17 bits per heavy atom. The van der Waals surface area contributed by atoms with Gasteiger partial charge in [0.25, 0.3) is 5.91 Å². The molecule has 1 aromatic heterocycles. The first-order chi connectivity index (χ1) is 11.0. The highest BCUT2D eigenvalue weighted by atomic mass is 32.2. The zero-order chi connectivity index (χ0) is 16.4. The monoisotopic (exact) mass is 337 g/mol. The van der Waals surface area contributed by atoms with Gasteiger partial charge in [-0.1, -0.05) is 18.2 Å². The molecule has 0 unspecified atom stereocenters. The summed E-state index contributed by atoms with van der Waals surface area (Å²) in [6, 6.07) is 9.02. The molecule has 1 saturated heterocycles. The summed E-state index contributed by atoms with van der Waals surface area (Å²) in [4.78, 5) is 13.7. The summed E-state index contributed by atoms with van der Waals surface area (Å²) in [6.45, 7) is 0.310. The minimum absolute atomic E-state index is 0.0762. The second-order valence-corrected chi connectivity index (χ2v) is 7.74. The van der Waals surface area contributed by atoms with E-state index in [1.807, 2.05) is 0 Å². The van der Waals surface area contributed by atoms with Gasteiger partial charge in [0.15, 0.2) is 15.6 Å². The summed E-state index contributed by atoms with van der Waals surface area (Å²) in [5.41, 5.74) is 0.166. The van der Waals surface area contributed by atoms with Gasteiger partial charge in [-0.3, -0.25) is 4.79 Å². The Morgan fingerprint density at radius 3 is 2.65 bits per heavy atom. The highest BCUT2D eigenvalue weighted by Gasteiger charge is 2.34. The topological polar surface area (TPSA) is 67.6 Å². The minimum Gasteiger partial charge on any atom is -0.459 e. The molecule has 7 heteroatoms. The maximum absolute atomic E-state index is 14.0. The van der Waals surface area contributed by atoms with E-state index in [0.29, 0.717) is 0 Å². The highest BCUT2D eigenvalue weighted by molar-refractivity contribution is 7.91. The van der Waals surface area contributed by atoms with Crippen LogP contribution in [0.2, 0.25) is 0 Å². The fraction of sp³-hybridized carbons (Fsp3) is 0.312. The molecule has 1 amide bonds. The SMILES string of the molecule is O=C(c1ccco1)N1CC[C@H](c2ccccc2F)S(=O)(=O)CC1. The Kier molecular flexibility index (Phi) is 4.21. The second-order valence-electron chi connectivity index (χ2n) is 5.44. The quantitative estimate of drug-likeness (QED) is 0.844. The van der Waals surface area contributed by atoms with E-state index in [2.05, 4.69) is 0 Å². The summed E-state index contributed by atoms with van der Waals surface area (Å²) in [7, 11) is -3.54. The Balaban J connectivity index is 1.86. The molecule has 23 heavy (non-hydrogen) atoms. The maximum atomic E-state index is 14.0. The van der Waals surface area contributed by atoms with Crippen molar-refractivity contribution in [2.45, 2.75) is 11.7 Å². The van der Waals surface area contributed by atoms with Crippen LogP contribution in [0.15, 0.2) is 47.1 Å². The lowest BCUT2D eigenvalue weighted by Crippen LogP contribution is -2.33. The second kappa shape index (κ2) is 6.16. The molecular weight excluding hydrogens is 321 g/mol. The summed E-state index contributed by atoms with van der Waals surface area (Å²) in [5.74, 6) is -0.906. The molecule has 5 nitrogen and oxygen atoms in total. The van der Waals surface area contributed by atoms with Gasteiger partial charge in [-0.05, 0) is 24.6 Å². The van der Waals surface area contributed by atoms with Crippen LogP contribution in [0, 0.1) is 5.82 Å². The van der Waals surface area contributed by atoms with Crippen molar-refractivity contribution in [2.75, 3.05) is 18.8 Å². The van der Waals surface area contributed by atoms with Crippen LogP contribution in [0.5, 0.6) is 0 Å². The highest BCUT2D eigenvalue weighted by Crippen LogP contribution is 2.31. The molecule has 3 rings (SSSR count). The Hall–Kier alpha value is -2.15. The number of amides is 1. The van der Waals surface area contributed by atoms with E-state index < -0.39 is 20.9 Å². The van der Waals surface area contributed by atoms with Gasteiger partial charge >= 0.3 is 0 Å². The molecule has 2 aromatic rings. The minimum atomic E-state index is -3.54. The largest absolute Gasteiger partial charge is 0.459 e. The lowest BCUT2D eigenvalue weighted by molar-refractivity contribution is 0.0734.